The Morgan fingerprint density at radius 2 is 2.03 bits per heavy atom. The molecule has 0 aromatic carbocycles. The predicted octanol–water partition coefficient (Wildman–Crippen LogP) is 2.70. The van der Waals surface area contributed by atoms with Gasteiger partial charge in [0, 0.05) is 11.6 Å². The molecule has 1 unspecified atom stereocenters. The van der Waals surface area contributed by atoms with Gasteiger partial charge in [-0.2, -0.15) is 0 Å². The number of aldehydes is 1. The van der Waals surface area contributed by atoms with E-state index < -0.39 is 35.8 Å². The minimum Gasteiger partial charge on any atom is -0.466 e. The number of allylic oxidation sites excluding steroid dienone is 3. The van der Waals surface area contributed by atoms with Gasteiger partial charge in [0.05, 0.1) is 25.6 Å². The Morgan fingerprint density at radius 3 is 2.66 bits per heavy atom. The fraction of sp³-hybridized carbons (Fsp3) is 0.545. The Kier molecular flexibility index (Phi) is 7.93. The lowest BCUT2D eigenvalue weighted by molar-refractivity contribution is -0.164. The average Bonchev–Trinajstić information content (AvgIpc) is 2.70. The van der Waals surface area contributed by atoms with Crippen molar-refractivity contribution in [2.45, 2.75) is 46.1 Å². The van der Waals surface area contributed by atoms with Crippen molar-refractivity contribution in [1.29, 1.82) is 0 Å². The van der Waals surface area contributed by atoms with Crippen molar-refractivity contribution in [2.75, 3.05) is 13.7 Å². The zero-order valence-electron chi connectivity index (χ0n) is 17.3. The fourth-order valence-corrected chi connectivity index (χ4v) is 3.99. The van der Waals surface area contributed by atoms with Gasteiger partial charge in [0.1, 0.15) is 12.4 Å². The molecule has 0 aromatic rings. The molecular weight excluding hydrogens is 376 g/mol. The topological polar surface area (TPSA) is 96.0 Å². The highest BCUT2D eigenvalue weighted by Crippen LogP contribution is 2.44. The van der Waals surface area contributed by atoms with Crippen molar-refractivity contribution in [3.05, 3.63) is 34.9 Å². The minimum atomic E-state index is -0.829. The smallest absolute Gasteiger partial charge is 0.330 e. The summed E-state index contributed by atoms with van der Waals surface area (Å²) in [5, 5.41) is 0. The Morgan fingerprint density at radius 1 is 1.31 bits per heavy atom. The van der Waals surface area contributed by atoms with Crippen molar-refractivity contribution in [2.24, 2.45) is 17.8 Å². The summed E-state index contributed by atoms with van der Waals surface area (Å²) in [4.78, 5) is 48.1. The third-order valence-corrected chi connectivity index (χ3v) is 5.39. The fourth-order valence-electron chi connectivity index (χ4n) is 3.99. The molecular formula is C22H28O7. The Hall–Kier alpha value is -2.70. The van der Waals surface area contributed by atoms with E-state index >= 15 is 0 Å². The van der Waals surface area contributed by atoms with Gasteiger partial charge in [0.25, 0.3) is 0 Å². The molecule has 158 valence electrons. The molecule has 7 heteroatoms. The lowest BCUT2D eigenvalue weighted by atomic mass is 9.68. The molecule has 0 amide bonds. The van der Waals surface area contributed by atoms with E-state index in [-0.39, 0.29) is 12.5 Å². The van der Waals surface area contributed by atoms with Crippen LogP contribution in [0.2, 0.25) is 0 Å². The SMILES string of the molecule is CCOC(=O)[C@@H]1[C@H]2C(=O)OC(CCC/C=C/C(=O)OC)C(C)=C2C(C=O)=C[C@@H]1C. The molecule has 0 bridgehead atoms. The molecule has 0 N–H and O–H groups in total. The predicted molar refractivity (Wildman–Crippen MR) is 105 cm³/mol. The molecule has 29 heavy (non-hydrogen) atoms. The van der Waals surface area contributed by atoms with E-state index in [1.54, 1.807) is 26.0 Å². The van der Waals surface area contributed by atoms with Crippen LogP contribution in [0.5, 0.6) is 0 Å². The van der Waals surface area contributed by atoms with Crippen molar-refractivity contribution in [3.8, 4) is 0 Å². The maximum atomic E-state index is 12.8. The summed E-state index contributed by atoms with van der Waals surface area (Å²) in [6.07, 6.45) is 6.90. The van der Waals surface area contributed by atoms with Crippen LogP contribution in [0.1, 0.15) is 40.0 Å². The number of carbonyl (C=O) groups is 4. The Balaban J connectivity index is 2.25. The lowest BCUT2D eigenvalue weighted by Crippen LogP contribution is -2.45. The molecule has 0 radical (unpaired) electrons. The first kappa shape index (κ1) is 22.6. The van der Waals surface area contributed by atoms with Crippen LogP contribution in [0.15, 0.2) is 34.9 Å². The second kappa shape index (κ2) is 10.2. The molecule has 0 fully saturated rings. The van der Waals surface area contributed by atoms with Crippen LogP contribution in [0.3, 0.4) is 0 Å². The van der Waals surface area contributed by atoms with Gasteiger partial charge in [-0.1, -0.05) is 19.1 Å². The number of esters is 3. The molecule has 0 aromatic heterocycles. The zero-order valence-corrected chi connectivity index (χ0v) is 17.3. The van der Waals surface area contributed by atoms with E-state index in [0.717, 1.165) is 11.9 Å². The van der Waals surface area contributed by atoms with Gasteiger partial charge < -0.3 is 14.2 Å². The largest absolute Gasteiger partial charge is 0.466 e. The third-order valence-electron chi connectivity index (χ3n) is 5.39. The Bertz CT molecular complexity index is 759. The van der Waals surface area contributed by atoms with Crippen molar-refractivity contribution < 1.29 is 33.4 Å². The summed E-state index contributed by atoms with van der Waals surface area (Å²) < 4.78 is 15.4. The van der Waals surface area contributed by atoms with Crippen LogP contribution >= 0.6 is 0 Å². The molecule has 0 saturated heterocycles. The van der Waals surface area contributed by atoms with E-state index in [1.165, 1.54) is 13.2 Å². The van der Waals surface area contributed by atoms with E-state index in [2.05, 4.69) is 4.74 Å². The first-order chi connectivity index (χ1) is 13.8. The van der Waals surface area contributed by atoms with E-state index in [9.17, 15) is 19.2 Å². The monoisotopic (exact) mass is 404 g/mol. The maximum Gasteiger partial charge on any atom is 0.330 e. The summed E-state index contributed by atoms with van der Waals surface area (Å²) in [6, 6.07) is 0. The summed E-state index contributed by atoms with van der Waals surface area (Å²) in [5.41, 5.74) is 1.81. The molecule has 0 saturated carbocycles. The number of hydrogen-bond donors (Lipinski definition) is 0. The number of unbranched alkanes of at least 4 members (excludes halogenated alkanes) is 1. The second-order valence-electron chi connectivity index (χ2n) is 7.23. The van der Waals surface area contributed by atoms with Crippen LogP contribution in [0.4, 0.5) is 0 Å². The normalized spacial score (nSPS) is 26.5. The van der Waals surface area contributed by atoms with Crippen LogP contribution in [0.25, 0.3) is 0 Å². The van der Waals surface area contributed by atoms with E-state index in [4.69, 9.17) is 9.47 Å². The van der Waals surface area contributed by atoms with Gasteiger partial charge in [-0.15, -0.1) is 0 Å². The second-order valence-corrected chi connectivity index (χ2v) is 7.23. The number of carbonyl (C=O) groups excluding carboxylic acids is 4. The van der Waals surface area contributed by atoms with Gasteiger partial charge in [-0.25, -0.2) is 4.79 Å². The van der Waals surface area contributed by atoms with Gasteiger partial charge in [0.2, 0.25) is 0 Å². The number of hydrogen-bond acceptors (Lipinski definition) is 7. The lowest BCUT2D eigenvalue weighted by Gasteiger charge is -2.39. The molecule has 7 nitrogen and oxygen atoms in total. The van der Waals surface area contributed by atoms with Crippen molar-refractivity contribution in [3.63, 3.8) is 0 Å². The molecule has 0 spiro atoms. The van der Waals surface area contributed by atoms with Crippen LogP contribution in [-0.4, -0.2) is 44.0 Å². The summed E-state index contributed by atoms with van der Waals surface area (Å²) in [5.74, 6) is -3.23. The van der Waals surface area contributed by atoms with E-state index in [0.29, 0.717) is 30.4 Å². The quantitative estimate of drug-likeness (QED) is 0.202. The van der Waals surface area contributed by atoms with Gasteiger partial charge in [0.15, 0.2) is 0 Å². The number of fused-ring (bicyclic) bond motifs is 1. The number of cyclic esters (lactones) is 1. The first-order valence-corrected chi connectivity index (χ1v) is 9.85. The van der Waals surface area contributed by atoms with Crippen LogP contribution in [-0.2, 0) is 33.4 Å². The van der Waals surface area contributed by atoms with E-state index in [1.807, 2.05) is 6.92 Å². The molecule has 1 aliphatic carbocycles. The van der Waals surface area contributed by atoms with Crippen LogP contribution in [0, 0.1) is 17.8 Å². The highest BCUT2D eigenvalue weighted by molar-refractivity contribution is 5.93. The standard InChI is InChI=1S/C22H28O7/c1-5-28-21(25)18-13(2)11-15(12-23)19-14(3)16(29-22(26)20(18)19)9-7-6-8-10-17(24)27-4/h8,10-13,16,18,20H,5-7,9H2,1-4H3/b10-8+/t13-,16?,18-,20+/m0/s1. The van der Waals surface area contributed by atoms with Gasteiger partial charge >= 0.3 is 17.9 Å². The highest BCUT2D eigenvalue weighted by atomic mass is 16.5. The third kappa shape index (κ3) is 5.02. The average molecular weight is 404 g/mol. The van der Waals surface area contributed by atoms with Crippen molar-refractivity contribution >= 4 is 24.2 Å². The van der Waals surface area contributed by atoms with Crippen molar-refractivity contribution in [1.82, 2.24) is 0 Å². The first-order valence-electron chi connectivity index (χ1n) is 9.85. The summed E-state index contributed by atoms with van der Waals surface area (Å²) >= 11 is 0. The van der Waals surface area contributed by atoms with Crippen LogP contribution < -0.4 is 0 Å². The molecule has 2 aliphatic rings. The molecule has 1 heterocycles. The van der Waals surface area contributed by atoms with Gasteiger partial charge in [-0.3, -0.25) is 14.4 Å². The molecule has 2 rings (SSSR count). The number of methoxy groups -OCH3 is 1. The minimum absolute atomic E-state index is 0.216. The molecule has 1 aliphatic heterocycles. The number of rotatable bonds is 8. The maximum absolute atomic E-state index is 12.8. The number of ether oxygens (including phenoxy) is 3. The summed E-state index contributed by atoms with van der Waals surface area (Å²) in [6.45, 7) is 5.56. The highest BCUT2D eigenvalue weighted by Gasteiger charge is 2.49. The zero-order chi connectivity index (χ0) is 21.6. The Labute approximate surface area is 170 Å². The summed E-state index contributed by atoms with van der Waals surface area (Å²) in [7, 11) is 1.31. The molecule has 4 atom stereocenters. The van der Waals surface area contributed by atoms with Gasteiger partial charge in [-0.05, 0) is 50.2 Å².